The first kappa shape index (κ1) is 14.8. The van der Waals surface area contributed by atoms with Crippen molar-refractivity contribution in [1.82, 2.24) is 14.6 Å². The number of hydrogen-bond donors (Lipinski definition) is 1. The second-order valence-corrected chi connectivity index (χ2v) is 5.95. The van der Waals surface area contributed by atoms with E-state index in [0.717, 1.165) is 5.69 Å². The molecule has 0 aliphatic heterocycles. The van der Waals surface area contributed by atoms with Gasteiger partial charge < -0.3 is 5.11 Å². The highest BCUT2D eigenvalue weighted by atomic mass is 35.5. The van der Waals surface area contributed by atoms with E-state index < -0.39 is 5.82 Å². The Bertz CT molecular complexity index is 825. The number of nitrogens with zero attached hydrogens (tertiary/aromatic N) is 3. The van der Waals surface area contributed by atoms with Gasteiger partial charge in [0.2, 0.25) is 5.88 Å². The lowest BCUT2D eigenvalue weighted by Gasteiger charge is -2.15. The lowest BCUT2D eigenvalue weighted by molar-refractivity contribution is 0.426. The van der Waals surface area contributed by atoms with Gasteiger partial charge in [-0.25, -0.2) is 9.37 Å². The van der Waals surface area contributed by atoms with Crippen LogP contribution >= 0.6 is 11.6 Å². The molecule has 0 bridgehead atoms. The van der Waals surface area contributed by atoms with E-state index in [2.05, 4.69) is 10.1 Å². The first-order valence-corrected chi connectivity index (χ1v) is 7.34. The molecular formula is C16H15ClFN3O. The molecule has 22 heavy (non-hydrogen) atoms. The molecule has 0 saturated heterocycles. The lowest BCUT2D eigenvalue weighted by atomic mass is 9.98. The third-order valence-corrected chi connectivity index (χ3v) is 3.71. The molecular weight excluding hydrogens is 305 g/mol. The summed E-state index contributed by atoms with van der Waals surface area (Å²) in [7, 11) is 0. The van der Waals surface area contributed by atoms with Crippen LogP contribution in [0.3, 0.4) is 0 Å². The molecule has 2 aromatic heterocycles. The lowest BCUT2D eigenvalue weighted by Crippen LogP contribution is -2.06. The van der Waals surface area contributed by atoms with Crippen molar-refractivity contribution in [3.8, 4) is 5.88 Å². The van der Waals surface area contributed by atoms with Gasteiger partial charge in [-0.1, -0.05) is 25.4 Å². The number of aromatic hydroxyl groups is 1. The van der Waals surface area contributed by atoms with Crippen LogP contribution in [0.2, 0.25) is 5.02 Å². The predicted molar refractivity (Wildman–Crippen MR) is 83.0 cm³/mol. The summed E-state index contributed by atoms with van der Waals surface area (Å²) >= 11 is 5.90. The maximum atomic E-state index is 13.5. The van der Waals surface area contributed by atoms with Crippen LogP contribution in [0.25, 0.3) is 5.65 Å². The van der Waals surface area contributed by atoms with Crippen LogP contribution in [0, 0.1) is 5.82 Å². The third kappa shape index (κ3) is 2.64. The molecule has 0 radical (unpaired) electrons. The zero-order chi connectivity index (χ0) is 15.9. The van der Waals surface area contributed by atoms with Gasteiger partial charge in [0, 0.05) is 23.1 Å². The summed E-state index contributed by atoms with van der Waals surface area (Å²) in [6, 6.07) is 6.07. The molecule has 0 saturated carbocycles. The predicted octanol–water partition coefficient (Wildman–Crippen LogP) is 3.94. The van der Waals surface area contributed by atoms with E-state index in [1.165, 1.54) is 16.6 Å². The number of rotatable bonds is 3. The van der Waals surface area contributed by atoms with E-state index in [9.17, 15) is 9.50 Å². The van der Waals surface area contributed by atoms with Gasteiger partial charge in [-0.05, 0) is 29.7 Å². The van der Waals surface area contributed by atoms with Crippen LogP contribution < -0.4 is 0 Å². The summed E-state index contributed by atoms with van der Waals surface area (Å²) in [6.07, 6.45) is 1.91. The number of benzene rings is 1. The smallest absolute Gasteiger partial charge is 0.219 e. The number of halogens is 2. The van der Waals surface area contributed by atoms with Gasteiger partial charge in [-0.3, -0.25) is 0 Å². The molecule has 0 amide bonds. The van der Waals surface area contributed by atoms with Crippen LogP contribution in [0.15, 0.2) is 30.5 Å². The summed E-state index contributed by atoms with van der Waals surface area (Å²) in [6.45, 7) is 3.99. The summed E-state index contributed by atoms with van der Waals surface area (Å²) < 4.78 is 14.9. The van der Waals surface area contributed by atoms with Crippen molar-refractivity contribution in [1.29, 1.82) is 0 Å². The summed E-state index contributed by atoms with van der Waals surface area (Å²) in [5.41, 5.74) is 2.66. The van der Waals surface area contributed by atoms with Crippen molar-refractivity contribution < 1.29 is 9.50 Å². The number of aromatic nitrogens is 3. The van der Waals surface area contributed by atoms with E-state index in [0.29, 0.717) is 28.2 Å². The van der Waals surface area contributed by atoms with Crippen molar-refractivity contribution >= 4 is 17.2 Å². The van der Waals surface area contributed by atoms with E-state index in [1.807, 2.05) is 13.8 Å². The Balaban J connectivity index is 2.15. The quantitative estimate of drug-likeness (QED) is 0.795. The number of fused-ring (bicyclic) bond motifs is 1. The van der Waals surface area contributed by atoms with Gasteiger partial charge in [0.15, 0.2) is 5.65 Å². The van der Waals surface area contributed by atoms with Crippen molar-refractivity contribution in [3.63, 3.8) is 0 Å². The maximum absolute atomic E-state index is 13.5. The molecule has 4 nitrogen and oxygen atoms in total. The molecule has 3 rings (SSSR count). The molecule has 6 heteroatoms. The second-order valence-electron chi connectivity index (χ2n) is 5.51. The minimum absolute atomic E-state index is 0.0269. The zero-order valence-electron chi connectivity index (χ0n) is 12.2. The highest BCUT2D eigenvalue weighted by Gasteiger charge is 2.18. The Morgan fingerprint density at radius 3 is 2.77 bits per heavy atom. The van der Waals surface area contributed by atoms with Crippen molar-refractivity contribution in [3.05, 3.63) is 58.1 Å². The Morgan fingerprint density at radius 1 is 1.32 bits per heavy atom. The molecule has 0 atom stereocenters. The fraction of sp³-hybridized carbons (Fsp3) is 0.250. The highest BCUT2D eigenvalue weighted by molar-refractivity contribution is 6.30. The van der Waals surface area contributed by atoms with E-state index in [1.54, 1.807) is 18.3 Å². The van der Waals surface area contributed by atoms with Crippen LogP contribution in [-0.2, 0) is 6.42 Å². The molecule has 0 aliphatic rings. The third-order valence-electron chi connectivity index (χ3n) is 3.49. The first-order chi connectivity index (χ1) is 10.5. The van der Waals surface area contributed by atoms with Crippen LogP contribution in [0.1, 0.15) is 36.6 Å². The largest absolute Gasteiger partial charge is 0.493 e. The van der Waals surface area contributed by atoms with Crippen LogP contribution in [0.5, 0.6) is 5.88 Å². The van der Waals surface area contributed by atoms with E-state index >= 15 is 0 Å². The van der Waals surface area contributed by atoms with Crippen molar-refractivity contribution in [2.45, 2.75) is 26.2 Å². The van der Waals surface area contributed by atoms with Crippen LogP contribution in [-0.4, -0.2) is 19.7 Å². The highest BCUT2D eigenvalue weighted by Crippen LogP contribution is 2.29. The standard InChI is InChI=1S/C16H15ClFN3O/c1-9(2)15-13(7-10-5-11(17)8-12(18)6-10)16(22)21-14(20-15)3-4-19-21/h3-6,8-9,22H,7H2,1-2H3. The zero-order valence-corrected chi connectivity index (χ0v) is 13.0. The SMILES string of the molecule is CC(C)c1nc2ccnn2c(O)c1Cc1cc(F)cc(Cl)c1. The van der Waals surface area contributed by atoms with Crippen LogP contribution in [0.4, 0.5) is 4.39 Å². The minimum Gasteiger partial charge on any atom is -0.493 e. The van der Waals surface area contributed by atoms with Crippen molar-refractivity contribution in [2.75, 3.05) is 0 Å². The first-order valence-electron chi connectivity index (χ1n) is 6.96. The van der Waals surface area contributed by atoms with Gasteiger partial charge in [-0.15, -0.1) is 0 Å². The fourth-order valence-electron chi connectivity index (χ4n) is 2.54. The maximum Gasteiger partial charge on any atom is 0.219 e. The minimum atomic E-state index is -0.402. The normalized spacial score (nSPS) is 11.5. The Labute approximate surface area is 132 Å². The Kier molecular flexibility index (Phi) is 3.74. The van der Waals surface area contributed by atoms with Crippen molar-refractivity contribution in [2.24, 2.45) is 0 Å². The average molecular weight is 320 g/mol. The molecule has 0 aliphatic carbocycles. The molecule has 1 aromatic carbocycles. The summed E-state index contributed by atoms with van der Waals surface area (Å²) in [4.78, 5) is 4.55. The molecule has 1 N–H and O–H groups in total. The molecule has 2 heterocycles. The molecule has 0 unspecified atom stereocenters. The molecule has 114 valence electrons. The Hall–Kier alpha value is -2.14. The second kappa shape index (κ2) is 5.57. The summed E-state index contributed by atoms with van der Waals surface area (Å²) in [5, 5.41) is 14.9. The van der Waals surface area contributed by atoms with Gasteiger partial charge >= 0.3 is 0 Å². The van der Waals surface area contributed by atoms with E-state index in [-0.39, 0.29) is 11.8 Å². The topological polar surface area (TPSA) is 50.4 Å². The fourth-order valence-corrected chi connectivity index (χ4v) is 2.79. The average Bonchev–Trinajstić information content (AvgIpc) is 2.89. The number of hydrogen-bond acceptors (Lipinski definition) is 3. The molecule has 0 fully saturated rings. The molecule has 3 aromatic rings. The van der Waals surface area contributed by atoms with E-state index in [4.69, 9.17) is 11.6 Å². The van der Waals surface area contributed by atoms with Gasteiger partial charge in [-0.2, -0.15) is 9.61 Å². The Morgan fingerprint density at radius 2 is 2.09 bits per heavy atom. The summed E-state index contributed by atoms with van der Waals surface area (Å²) in [5.74, 6) is -0.259. The van der Waals surface area contributed by atoms with Gasteiger partial charge in [0.05, 0.1) is 11.9 Å². The monoisotopic (exact) mass is 319 g/mol. The van der Waals surface area contributed by atoms with Gasteiger partial charge in [0.25, 0.3) is 0 Å². The van der Waals surface area contributed by atoms with Gasteiger partial charge in [0.1, 0.15) is 5.82 Å². The molecule has 0 spiro atoms.